The Morgan fingerprint density at radius 1 is 1.14 bits per heavy atom. The normalized spacial score (nSPS) is 14.9. The Hall–Kier alpha value is -2.15. The Kier molecular flexibility index (Phi) is 4.24. The van der Waals surface area contributed by atoms with Gasteiger partial charge in [0.1, 0.15) is 0 Å². The molecule has 1 saturated heterocycles. The third-order valence-corrected chi connectivity index (χ3v) is 4.20. The van der Waals surface area contributed by atoms with Gasteiger partial charge in [-0.2, -0.15) is 0 Å². The highest BCUT2D eigenvalue weighted by molar-refractivity contribution is 7.99. The third-order valence-electron chi connectivity index (χ3n) is 3.40. The summed E-state index contributed by atoms with van der Waals surface area (Å²) in [6, 6.07) is 7.83. The first-order valence-electron chi connectivity index (χ1n) is 7.00. The zero-order valence-electron chi connectivity index (χ0n) is 12.1. The Labute approximate surface area is 131 Å². The van der Waals surface area contributed by atoms with Gasteiger partial charge in [0.15, 0.2) is 0 Å². The van der Waals surface area contributed by atoms with Crippen molar-refractivity contribution in [2.24, 2.45) is 0 Å². The average Bonchev–Trinajstić information content (AvgIpc) is 3.10. The number of imide groups is 1. The predicted molar refractivity (Wildman–Crippen MR) is 81.1 cm³/mol. The van der Waals surface area contributed by atoms with Crippen LogP contribution in [0.25, 0.3) is 11.5 Å². The van der Waals surface area contributed by atoms with Crippen LogP contribution in [0.1, 0.15) is 18.4 Å². The first-order valence-corrected chi connectivity index (χ1v) is 7.98. The lowest BCUT2D eigenvalue weighted by Gasteiger charge is -2.11. The molecule has 0 saturated carbocycles. The number of carbonyl (C=O) groups is 2. The lowest BCUT2D eigenvalue weighted by molar-refractivity contribution is -0.137. The molecule has 2 heterocycles. The summed E-state index contributed by atoms with van der Waals surface area (Å²) in [5, 5.41) is 8.43. The van der Waals surface area contributed by atoms with E-state index in [2.05, 4.69) is 10.2 Å². The Bertz CT molecular complexity index is 680. The first kappa shape index (κ1) is 14.8. The minimum atomic E-state index is -0.100. The van der Waals surface area contributed by atoms with E-state index in [-0.39, 0.29) is 11.8 Å². The van der Waals surface area contributed by atoms with Crippen molar-refractivity contribution < 1.29 is 14.0 Å². The zero-order chi connectivity index (χ0) is 15.5. The van der Waals surface area contributed by atoms with E-state index in [0.717, 1.165) is 11.1 Å². The van der Waals surface area contributed by atoms with Crippen molar-refractivity contribution in [3.8, 4) is 11.5 Å². The van der Waals surface area contributed by atoms with Gasteiger partial charge in [0.2, 0.25) is 17.7 Å². The predicted octanol–water partition coefficient (Wildman–Crippen LogP) is 2.29. The van der Waals surface area contributed by atoms with Crippen LogP contribution in [-0.2, 0) is 9.59 Å². The van der Waals surface area contributed by atoms with Crippen molar-refractivity contribution in [3.05, 3.63) is 29.8 Å². The summed E-state index contributed by atoms with van der Waals surface area (Å²) < 4.78 is 5.58. The summed E-state index contributed by atoms with van der Waals surface area (Å²) in [7, 11) is 0. The van der Waals surface area contributed by atoms with Crippen molar-refractivity contribution in [2.75, 3.05) is 12.3 Å². The molecule has 2 amide bonds. The monoisotopic (exact) mass is 317 g/mol. The van der Waals surface area contributed by atoms with Crippen molar-refractivity contribution in [1.29, 1.82) is 0 Å². The number of likely N-dealkylation sites (tertiary alicyclic amines) is 1. The molecule has 114 valence electrons. The van der Waals surface area contributed by atoms with Gasteiger partial charge in [0.05, 0.1) is 0 Å². The van der Waals surface area contributed by atoms with Gasteiger partial charge in [-0.15, -0.1) is 10.2 Å². The SMILES string of the molecule is Cc1ccc(-c2nnc(SCCN3C(=O)CCC3=O)o2)cc1. The molecule has 7 heteroatoms. The van der Waals surface area contributed by atoms with E-state index in [1.165, 1.54) is 16.7 Å². The number of aryl methyl sites for hydroxylation is 1. The van der Waals surface area contributed by atoms with Crippen LogP contribution in [0.3, 0.4) is 0 Å². The molecule has 0 unspecified atom stereocenters. The maximum absolute atomic E-state index is 11.5. The molecule has 0 spiro atoms. The Morgan fingerprint density at radius 3 is 2.50 bits per heavy atom. The molecule has 2 aromatic rings. The molecular weight excluding hydrogens is 302 g/mol. The van der Waals surface area contributed by atoms with Crippen LogP contribution in [0.4, 0.5) is 0 Å². The molecule has 0 N–H and O–H groups in total. The van der Waals surface area contributed by atoms with Crippen molar-refractivity contribution in [1.82, 2.24) is 15.1 Å². The van der Waals surface area contributed by atoms with E-state index in [1.807, 2.05) is 31.2 Å². The van der Waals surface area contributed by atoms with Crippen LogP contribution in [0.2, 0.25) is 0 Å². The van der Waals surface area contributed by atoms with E-state index >= 15 is 0 Å². The maximum Gasteiger partial charge on any atom is 0.276 e. The number of nitrogens with zero attached hydrogens (tertiary/aromatic N) is 3. The second-order valence-electron chi connectivity index (χ2n) is 5.03. The van der Waals surface area contributed by atoms with Gasteiger partial charge in [-0.25, -0.2) is 0 Å². The number of carbonyl (C=O) groups excluding carboxylic acids is 2. The fourth-order valence-corrected chi connectivity index (χ4v) is 2.86. The molecule has 3 rings (SSSR count). The first-order chi connectivity index (χ1) is 10.6. The van der Waals surface area contributed by atoms with Gasteiger partial charge in [-0.3, -0.25) is 14.5 Å². The summed E-state index contributed by atoms with van der Waals surface area (Å²) in [5.74, 6) is 0.816. The van der Waals surface area contributed by atoms with Crippen molar-refractivity contribution in [3.63, 3.8) is 0 Å². The average molecular weight is 317 g/mol. The van der Waals surface area contributed by atoms with Gasteiger partial charge < -0.3 is 4.42 Å². The highest BCUT2D eigenvalue weighted by atomic mass is 32.2. The lowest BCUT2D eigenvalue weighted by Crippen LogP contribution is -2.31. The second kappa shape index (κ2) is 6.31. The largest absolute Gasteiger partial charge is 0.411 e. The van der Waals surface area contributed by atoms with Crippen LogP contribution >= 0.6 is 11.8 Å². The molecule has 0 aliphatic carbocycles. The molecule has 1 aliphatic heterocycles. The number of thioether (sulfide) groups is 1. The maximum atomic E-state index is 11.5. The summed E-state index contributed by atoms with van der Waals surface area (Å²) in [5.41, 5.74) is 2.03. The number of rotatable bonds is 5. The number of benzene rings is 1. The molecule has 1 aliphatic rings. The van der Waals surface area contributed by atoms with E-state index in [9.17, 15) is 9.59 Å². The summed E-state index contributed by atoms with van der Waals surface area (Å²) in [6.07, 6.45) is 0.642. The minimum Gasteiger partial charge on any atom is -0.411 e. The molecule has 0 bridgehead atoms. The van der Waals surface area contributed by atoms with E-state index in [4.69, 9.17) is 4.42 Å². The Morgan fingerprint density at radius 2 is 1.82 bits per heavy atom. The zero-order valence-corrected chi connectivity index (χ0v) is 12.9. The van der Waals surface area contributed by atoms with Gasteiger partial charge in [-0.1, -0.05) is 29.5 Å². The van der Waals surface area contributed by atoms with Crippen LogP contribution in [0.5, 0.6) is 0 Å². The van der Waals surface area contributed by atoms with E-state index in [1.54, 1.807) is 0 Å². The molecule has 1 fully saturated rings. The number of hydrogen-bond acceptors (Lipinski definition) is 6. The highest BCUT2D eigenvalue weighted by Gasteiger charge is 2.28. The van der Waals surface area contributed by atoms with Crippen molar-refractivity contribution in [2.45, 2.75) is 25.0 Å². The second-order valence-corrected chi connectivity index (χ2v) is 6.07. The van der Waals surface area contributed by atoms with E-state index in [0.29, 0.717) is 36.3 Å². The highest BCUT2D eigenvalue weighted by Crippen LogP contribution is 2.24. The van der Waals surface area contributed by atoms with Crippen LogP contribution in [0.15, 0.2) is 33.9 Å². The summed E-state index contributed by atoms with van der Waals surface area (Å²) in [6.45, 7) is 2.39. The van der Waals surface area contributed by atoms with E-state index < -0.39 is 0 Å². The van der Waals surface area contributed by atoms with Gasteiger partial charge in [0, 0.05) is 30.7 Å². The van der Waals surface area contributed by atoms with Crippen molar-refractivity contribution >= 4 is 23.6 Å². The van der Waals surface area contributed by atoms with Gasteiger partial charge in [0.25, 0.3) is 5.22 Å². The topological polar surface area (TPSA) is 76.3 Å². The van der Waals surface area contributed by atoms with Crippen LogP contribution in [-0.4, -0.2) is 39.2 Å². The van der Waals surface area contributed by atoms with Gasteiger partial charge >= 0.3 is 0 Å². The summed E-state index contributed by atoms with van der Waals surface area (Å²) in [4.78, 5) is 24.3. The molecule has 22 heavy (non-hydrogen) atoms. The molecular formula is C15H15N3O3S. The molecule has 0 radical (unpaired) electrons. The smallest absolute Gasteiger partial charge is 0.276 e. The lowest BCUT2D eigenvalue weighted by atomic mass is 10.1. The summed E-state index contributed by atoms with van der Waals surface area (Å²) >= 11 is 1.34. The number of hydrogen-bond donors (Lipinski definition) is 0. The minimum absolute atomic E-state index is 0.100. The molecule has 1 aromatic heterocycles. The van der Waals surface area contributed by atoms with Crippen LogP contribution < -0.4 is 0 Å². The standard InChI is InChI=1S/C15H15N3O3S/c1-10-2-4-11(5-3-10)14-16-17-15(21-14)22-9-8-18-12(19)6-7-13(18)20/h2-5H,6-9H2,1H3. The third kappa shape index (κ3) is 3.19. The fraction of sp³-hybridized carbons (Fsp3) is 0.333. The van der Waals surface area contributed by atoms with Gasteiger partial charge in [-0.05, 0) is 19.1 Å². The number of amides is 2. The molecule has 0 atom stereocenters. The molecule has 6 nitrogen and oxygen atoms in total. The quantitative estimate of drug-likeness (QED) is 0.622. The Balaban J connectivity index is 1.57. The fourth-order valence-electron chi connectivity index (χ4n) is 2.18. The molecule has 1 aromatic carbocycles. The number of aromatic nitrogens is 2. The van der Waals surface area contributed by atoms with Crippen LogP contribution in [0, 0.1) is 6.92 Å².